The molecule has 90 valence electrons. The van der Waals surface area contributed by atoms with E-state index in [1.807, 2.05) is 12.1 Å². The first-order valence-electron chi connectivity index (χ1n) is 6.17. The Labute approximate surface area is 98.8 Å². The van der Waals surface area contributed by atoms with Gasteiger partial charge in [0.25, 0.3) is 0 Å². The molecule has 16 heavy (non-hydrogen) atoms. The molecule has 1 rings (SSSR count). The molecule has 0 atom stereocenters. The molecule has 0 radical (unpaired) electrons. The minimum Gasteiger partial charge on any atom is -0.491 e. The van der Waals surface area contributed by atoms with Gasteiger partial charge >= 0.3 is 0 Å². The summed E-state index contributed by atoms with van der Waals surface area (Å²) < 4.78 is 5.65. The van der Waals surface area contributed by atoms with E-state index in [4.69, 9.17) is 10.5 Å². The Morgan fingerprint density at radius 1 is 1.25 bits per heavy atom. The van der Waals surface area contributed by atoms with Gasteiger partial charge in [-0.25, -0.2) is 0 Å². The minimum atomic E-state index is 0.511. The summed E-state index contributed by atoms with van der Waals surface area (Å²) in [5.41, 5.74) is 7.96. The van der Waals surface area contributed by atoms with Crippen molar-refractivity contribution >= 4 is 5.69 Å². The second-order valence-corrected chi connectivity index (χ2v) is 4.51. The van der Waals surface area contributed by atoms with Gasteiger partial charge in [-0.1, -0.05) is 39.7 Å². The maximum Gasteiger partial charge on any atom is 0.142 e. The highest BCUT2D eigenvalue weighted by Crippen LogP contribution is 2.26. The first kappa shape index (κ1) is 12.9. The predicted octanol–water partition coefficient (Wildman–Crippen LogP) is 3.96. The second kappa shape index (κ2) is 6.41. The van der Waals surface area contributed by atoms with Crippen molar-refractivity contribution in [2.45, 2.75) is 46.0 Å². The van der Waals surface area contributed by atoms with Crippen LogP contribution in [0.4, 0.5) is 5.69 Å². The van der Waals surface area contributed by atoms with E-state index in [-0.39, 0.29) is 0 Å². The highest BCUT2D eigenvalue weighted by Gasteiger charge is 2.04. The molecule has 1 aromatic rings. The smallest absolute Gasteiger partial charge is 0.142 e. The maximum absolute atomic E-state index is 5.95. The van der Waals surface area contributed by atoms with Gasteiger partial charge in [-0.05, 0) is 30.0 Å². The van der Waals surface area contributed by atoms with Gasteiger partial charge in [-0.2, -0.15) is 0 Å². The molecule has 0 saturated heterocycles. The summed E-state index contributed by atoms with van der Waals surface area (Å²) in [6.07, 6.45) is 3.52. The van der Waals surface area contributed by atoms with Crippen LogP contribution in [-0.4, -0.2) is 6.61 Å². The molecular formula is C14H23NO. The van der Waals surface area contributed by atoms with E-state index in [9.17, 15) is 0 Å². The van der Waals surface area contributed by atoms with Crippen molar-refractivity contribution in [1.82, 2.24) is 0 Å². The van der Waals surface area contributed by atoms with Gasteiger partial charge in [0.15, 0.2) is 0 Å². The topological polar surface area (TPSA) is 35.2 Å². The molecule has 2 N–H and O–H groups in total. The molecule has 0 aliphatic carbocycles. The van der Waals surface area contributed by atoms with Crippen LogP contribution < -0.4 is 10.5 Å². The third kappa shape index (κ3) is 3.76. The molecule has 2 nitrogen and oxygen atoms in total. The quantitative estimate of drug-likeness (QED) is 0.583. The number of rotatable bonds is 6. The summed E-state index contributed by atoms with van der Waals surface area (Å²) in [6, 6.07) is 6.09. The van der Waals surface area contributed by atoms with Crippen molar-refractivity contribution < 1.29 is 4.74 Å². The Kier molecular flexibility index (Phi) is 5.17. The lowest BCUT2D eigenvalue weighted by atomic mass is 10.0. The van der Waals surface area contributed by atoms with E-state index in [1.54, 1.807) is 0 Å². The fourth-order valence-corrected chi connectivity index (χ4v) is 1.59. The van der Waals surface area contributed by atoms with Crippen LogP contribution in [0, 0.1) is 0 Å². The number of unbranched alkanes of at least 4 members (excludes halogenated alkanes) is 2. The minimum absolute atomic E-state index is 0.511. The molecule has 0 spiro atoms. The second-order valence-electron chi connectivity index (χ2n) is 4.51. The Hall–Kier alpha value is -1.18. The largest absolute Gasteiger partial charge is 0.491 e. The average Bonchev–Trinajstić information content (AvgIpc) is 2.26. The molecule has 0 fully saturated rings. The zero-order chi connectivity index (χ0) is 12.0. The number of hydrogen-bond donors (Lipinski definition) is 1. The number of benzene rings is 1. The van der Waals surface area contributed by atoms with Crippen molar-refractivity contribution in [3.05, 3.63) is 23.8 Å². The maximum atomic E-state index is 5.95. The fraction of sp³-hybridized carbons (Fsp3) is 0.571. The lowest BCUT2D eigenvalue weighted by molar-refractivity contribution is 0.308. The lowest BCUT2D eigenvalue weighted by Gasteiger charge is -2.11. The van der Waals surface area contributed by atoms with Crippen molar-refractivity contribution in [2.75, 3.05) is 12.3 Å². The number of nitrogen functional groups attached to an aromatic ring is 1. The van der Waals surface area contributed by atoms with Crippen LogP contribution in [0.25, 0.3) is 0 Å². The Morgan fingerprint density at radius 2 is 2.00 bits per heavy atom. The van der Waals surface area contributed by atoms with Crippen LogP contribution in [0.3, 0.4) is 0 Å². The predicted molar refractivity (Wildman–Crippen MR) is 70.0 cm³/mol. The van der Waals surface area contributed by atoms with Gasteiger partial charge < -0.3 is 10.5 Å². The Morgan fingerprint density at radius 3 is 2.56 bits per heavy atom. The van der Waals surface area contributed by atoms with E-state index in [2.05, 4.69) is 26.8 Å². The molecule has 1 aromatic carbocycles. The van der Waals surface area contributed by atoms with E-state index < -0.39 is 0 Å². The first-order valence-corrected chi connectivity index (χ1v) is 6.17. The molecule has 0 unspecified atom stereocenters. The zero-order valence-electron chi connectivity index (χ0n) is 10.6. The average molecular weight is 221 g/mol. The number of nitrogens with two attached hydrogens (primary N) is 1. The summed E-state index contributed by atoms with van der Waals surface area (Å²) in [6.45, 7) is 7.28. The third-order valence-electron chi connectivity index (χ3n) is 2.71. The summed E-state index contributed by atoms with van der Waals surface area (Å²) in [4.78, 5) is 0. The van der Waals surface area contributed by atoms with Crippen LogP contribution in [0.5, 0.6) is 5.75 Å². The van der Waals surface area contributed by atoms with Crippen molar-refractivity contribution in [3.8, 4) is 5.75 Å². The highest BCUT2D eigenvalue weighted by molar-refractivity contribution is 5.54. The van der Waals surface area contributed by atoms with Gasteiger partial charge in [0.2, 0.25) is 0 Å². The molecule has 0 bridgehead atoms. The Bertz CT molecular complexity index is 321. The van der Waals surface area contributed by atoms with Crippen LogP contribution >= 0.6 is 0 Å². The first-order chi connectivity index (χ1) is 7.65. The SMILES string of the molecule is CCCCCOc1ccc(C(C)C)cc1N. The molecule has 0 amide bonds. The molecule has 0 aromatic heterocycles. The normalized spacial score (nSPS) is 10.8. The van der Waals surface area contributed by atoms with Gasteiger partial charge in [-0.15, -0.1) is 0 Å². The van der Waals surface area contributed by atoms with Crippen molar-refractivity contribution in [1.29, 1.82) is 0 Å². The molecule has 0 aliphatic rings. The zero-order valence-corrected chi connectivity index (χ0v) is 10.6. The molecular weight excluding hydrogens is 198 g/mol. The molecule has 0 aliphatic heterocycles. The molecule has 0 heterocycles. The number of anilines is 1. The van der Waals surface area contributed by atoms with Crippen LogP contribution in [0.2, 0.25) is 0 Å². The fourth-order valence-electron chi connectivity index (χ4n) is 1.59. The molecule has 2 heteroatoms. The Balaban J connectivity index is 2.54. The van der Waals surface area contributed by atoms with Crippen LogP contribution in [0.15, 0.2) is 18.2 Å². The van der Waals surface area contributed by atoms with E-state index in [0.717, 1.165) is 24.5 Å². The summed E-state index contributed by atoms with van der Waals surface area (Å²) in [5, 5.41) is 0. The van der Waals surface area contributed by atoms with Crippen molar-refractivity contribution in [3.63, 3.8) is 0 Å². The van der Waals surface area contributed by atoms with E-state index >= 15 is 0 Å². The van der Waals surface area contributed by atoms with Crippen molar-refractivity contribution in [2.24, 2.45) is 0 Å². The van der Waals surface area contributed by atoms with E-state index in [0.29, 0.717) is 5.92 Å². The number of hydrogen-bond acceptors (Lipinski definition) is 2. The third-order valence-corrected chi connectivity index (χ3v) is 2.71. The van der Waals surface area contributed by atoms with Crippen LogP contribution in [-0.2, 0) is 0 Å². The van der Waals surface area contributed by atoms with Gasteiger partial charge in [-0.3, -0.25) is 0 Å². The summed E-state index contributed by atoms with van der Waals surface area (Å²) in [5.74, 6) is 1.33. The highest BCUT2D eigenvalue weighted by atomic mass is 16.5. The monoisotopic (exact) mass is 221 g/mol. The van der Waals surface area contributed by atoms with Gasteiger partial charge in [0.1, 0.15) is 5.75 Å². The summed E-state index contributed by atoms with van der Waals surface area (Å²) in [7, 11) is 0. The standard InChI is InChI=1S/C14H23NO/c1-4-5-6-9-16-14-8-7-12(11(2)3)10-13(14)15/h7-8,10-11H,4-6,9,15H2,1-3H3. The van der Waals surface area contributed by atoms with E-state index in [1.165, 1.54) is 18.4 Å². The van der Waals surface area contributed by atoms with Gasteiger partial charge in [0, 0.05) is 0 Å². The lowest BCUT2D eigenvalue weighted by Crippen LogP contribution is -2.01. The summed E-state index contributed by atoms with van der Waals surface area (Å²) >= 11 is 0. The van der Waals surface area contributed by atoms with Crippen LogP contribution in [0.1, 0.15) is 51.5 Å². The molecule has 0 saturated carbocycles. The number of ether oxygens (including phenoxy) is 1. The van der Waals surface area contributed by atoms with Gasteiger partial charge in [0.05, 0.1) is 12.3 Å².